The second kappa shape index (κ2) is 6.76. The predicted octanol–water partition coefficient (Wildman–Crippen LogP) is 4.02. The van der Waals surface area contributed by atoms with Crippen LogP contribution < -0.4 is 10.1 Å². The standard InChI is InChI=1S/C17H17FN2O/c1-3-21-15-6-4-13(5-7-15)11-20-17-9-14(10-19)8-16(18)12(17)2/h4-9,20H,3,11H2,1-2H3. The van der Waals surface area contributed by atoms with E-state index in [1.54, 1.807) is 13.0 Å². The first-order chi connectivity index (χ1) is 10.1. The largest absolute Gasteiger partial charge is 0.494 e. The van der Waals surface area contributed by atoms with Crippen molar-refractivity contribution in [2.45, 2.75) is 20.4 Å². The Morgan fingerprint density at radius 3 is 2.57 bits per heavy atom. The summed E-state index contributed by atoms with van der Waals surface area (Å²) in [5.41, 5.74) is 2.52. The van der Waals surface area contributed by atoms with E-state index in [0.29, 0.717) is 30.0 Å². The molecule has 0 radical (unpaired) electrons. The van der Waals surface area contributed by atoms with Crippen LogP contribution in [0.5, 0.6) is 5.75 Å². The molecule has 0 amide bonds. The summed E-state index contributed by atoms with van der Waals surface area (Å²) in [4.78, 5) is 0. The van der Waals surface area contributed by atoms with Crippen LogP contribution >= 0.6 is 0 Å². The van der Waals surface area contributed by atoms with Crippen LogP contribution in [0.25, 0.3) is 0 Å². The van der Waals surface area contributed by atoms with Gasteiger partial charge in [0.15, 0.2) is 0 Å². The smallest absolute Gasteiger partial charge is 0.129 e. The molecule has 2 rings (SSSR count). The van der Waals surface area contributed by atoms with E-state index < -0.39 is 0 Å². The van der Waals surface area contributed by atoms with Crippen molar-refractivity contribution in [2.24, 2.45) is 0 Å². The topological polar surface area (TPSA) is 45.0 Å². The number of hydrogen-bond donors (Lipinski definition) is 1. The average molecular weight is 284 g/mol. The number of nitrogens with one attached hydrogen (secondary N) is 1. The number of nitrogens with zero attached hydrogens (tertiary/aromatic N) is 1. The van der Waals surface area contributed by atoms with Gasteiger partial charge in [-0.2, -0.15) is 5.26 Å². The fraction of sp³-hybridized carbons (Fsp3) is 0.235. The fourth-order valence-electron chi connectivity index (χ4n) is 1.99. The van der Waals surface area contributed by atoms with Crippen molar-refractivity contribution in [3.63, 3.8) is 0 Å². The molecule has 0 aliphatic carbocycles. The highest BCUT2D eigenvalue weighted by atomic mass is 19.1. The molecule has 0 fully saturated rings. The summed E-state index contributed by atoms with van der Waals surface area (Å²) in [5, 5.41) is 12.0. The summed E-state index contributed by atoms with van der Waals surface area (Å²) in [6, 6.07) is 12.6. The molecule has 0 saturated carbocycles. The van der Waals surface area contributed by atoms with E-state index >= 15 is 0 Å². The molecule has 0 saturated heterocycles. The third-order valence-corrected chi connectivity index (χ3v) is 3.19. The maximum atomic E-state index is 13.7. The second-order valence-electron chi connectivity index (χ2n) is 4.67. The summed E-state index contributed by atoms with van der Waals surface area (Å²) in [7, 11) is 0. The molecule has 2 aromatic rings. The molecule has 3 nitrogen and oxygen atoms in total. The van der Waals surface area contributed by atoms with E-state index in [2.05, 4.69) is 5.32 Å². The maximum Gasteiger partial charge on any atom is 0.129 e. The molecule has 21 heavy (non-hydrogen) atoms. The second-order valence-corrected chi connectivity index (χ2v) is 4.67. The first kappa shape index (κ1) is 14.9. The quantitative estimate of drug-likeness (QED) is 0.902. The van der Waals surface area contributed by atoms with Crippen LogP contribution in [0.4, 0.5) is 10.1 Å². The molecule has 0 unspecified atom stereocenters. The minimum absolute atomic E-state index is 0.312. The Balaban J connectivity index is 2.09. The van der Waals surface area contributed by atoms with Gasteiger partial charge < -0.3 is 10.1 Å². The third-order valence-electron chi connectivity index (χ3n) is 3.19. The van der Waals surface area contributed by atoms with Crippen molar-refractivity contribution in [2.75, 3.05) is 11.9 Å². The number of ether oxygens (including phenoxy) is 1. The van der Waals surface area contributed by atoms with Gasteiger partial charge in [-0.05, 0) is 43.7 Å². The normalized spacial score (nSPS) is 10.0. The molecule has 0 heterocycles. The molecule has 0 atom stereocenters. The highest BCUT2D eigenvalue weighted by Crippen LogP contribution is 2.21. The summed E-state index contributed by atoms with van der Waals surface area (Å²) in [5.74, 6) is 0.457. The third kappa shape index (κ3) is 3.73. The van der Waals surface area contributed by atoms with Crippen LogP contribution in [0.3, 0.4) is 0 Å². The predicted molar refractivity (Wildman–Crippen MR) is 80.8 cm³/mol. The number of benzene rings is 2. The van der Waals surface area contributed by atoms with Gasteiger partial charge in [-0.15, -0.1) is 0 Å². The summed E-state index contributed by atoms with van der Waals surface area (Å²) in [6.07, 6.45) is 0. The lowest BCUT2D eigenvalue weighted by atomic mass is 10.1. The van der Waals surface area contributed by atoms with E-state index in [0.717, 1.165) is 11.3 Å². The van der Waals surface area contributed by atoms with Gasteiger partial charge in [0.25, 0.3) is 0 Å². The zero-order chi connectivity index (χ0) is 15.2. The molecular formula is C17H17FN2O. The molecule has 0 bridgehead atoms. The van der Waals surface area contributed by atoms with Crippen LogP contribution in [0.15, 0.2) is 36.4 Å². The van der Waals surface area contributed by atoms with E-state index in [1.807, 2.05) is 37.3 Å². The van der Waals surface area contributed by atoms with Gasteiger partial charge in [-0.25, -0.2) is 4.39 Å². The van der Waals surface area contributed by atoms with Crippen LogP contribution in [-0.4, -0.2) is 6.61 Å². The van der Waals surface area contributed by atoms with Crippen LogP contribution in [0.1, 0.15) is 23.6 Å². The van der Waals surface area contributed by atoms with E-state index in [-0.39, 0.29) is 5.82 Å². The van der Waals surface area contributed by atoms with E-state index in [9.17, 15) is 4.39 Å². The zero-order valence-electron chi connectivity index (χ0n) is 12.1. The van der Waals surface area contributed by atoms with Crippen LogP contribution in [-0.2, 0) is 6.54 Å². The SMILES string of the molecule is CCOc1ccc(CNc2cc(C#N)cc(F)c2C)cc1. The monoisotopic (exact) mass is 284 g/mol. The number of anilines is 1. The average Bonchev–Trinajstić information content (AvgIpc) is 2.50. The van der Waals surface area contributed by atoms with Crippen molar-refractivity contribution in [3.8, 4) is 11.8 Å². The van der Waals surface area contributed by atoms with Gasteiger partial charge in [0.1, 0.15) is 11.6 Å². The van der Waals surface area contributed by atoms with Gasteiger partial charge in [0.2, 0.25) is 0 Å². The molecule has 1 N–H and O–H groups in total. The van der Waals surface area contributed by atoms with Gasteiger partial charge in [-0.1, -0.05) is 12.1 Å². The Bertz CT molecular complexity index is 660. The highest BCUT2D eigenvalue weighted by Gasteiger charge is 2.07. The van der Waals surface area contributed by atoms with Crippen molar-refractivity contribution in [1.82, 2.24) is 0 Å². The van der Waals surface area contributed by atoms with Crippen molar-refractivity contribution < 1.29 is 9.13 Å². The van der Waals surface area contributed by atoms with Crippen molar-refractivity contribution in [1.29, 1.82) is 5.26 Å². The molecule has 0 spiro atoms. The maximum absolute atomic E-state index is 13.7. The summed E-state index contributed by atoms with van der Waals surface area (Å²) < 4.78 is 19.1. The lowest BCUT2D eigenvalue weighted by molar-refractivity contribution is 0.340. The minimum atomic E-state index is -0.372. The fourth-order valence-corrected chi connectivity index (χ4v) is 1.99. The highest BCUT2D eigenvalue weighted by molar-refractivity contribution is 5.56. The Hall–Kier alpha value is -2.54. The van der Waals surface area contributed by atoms with Crippen molar-refractivity contribution in [3.05, 3.63) is 58.9 Å². The molecule has 2 aromatic carbocycles. The Labute approximate surface area is 124 Å². The summed E-state index contributed by atoms with van der Waals surface area (Å²) in [6.45, 7) is 4.82. The zero-order valence-corrected chi connectivity index (χ0v) is 12.1. The van der Waals surface area contributed by atoms with Crippen molar-refractivity contribution >= 4 is 5.69 Å². The summed E-state index contributed by atoms with van der Waals surface area (Å²) >= 11 is 0. The number of rotatable bonds is 5. The first-order valence-corrected chi connectivity index (χ1v) is 6.80. The minimum Gasteiger partial charge on any atom is -0.494 e. The van der Waals surface area contributed by atoms with E-state index in [4.69, 9.17) is 10.00 Å². The van der Waals surface area contributed by atoms with Gasteiger partial charge in [0, 0.05) is 17.8 Å². The number of halogens is 1. The molecule has 108 valence electrons. The Morgan fingerprint density at radius 1 is 1.24 bits per heavy atom. The lowest BCUT2D eigenvalue weighted by Gasteiger charge is -2.11. The first-order valence-electron chi connectivity index (χ1n) is 6.80. The van der Waals surface area contributed by atoms with Gasteiger partial charge in [-0.3, -0.25) is 0 Å². The Morgan fingerprint density at radius 2 is 1.95 bits per heavy atom. The number of hydrogen-bond acceptors (Lipinski definition) is 3. The van der Waals surface area contributed by atoms with Crippen LogP contribution in [0, 0.1) is 24.1 Å². The Kier molecular flexibility index (Phi) is 4.78. The number of nitriles is 1. The molecule has 0 aliphatic heterocycles. The van der Waals surface area contributed by atoms with Gasteiger partial charge >= 0.3 is 0 Å². The molecular weight excluding hydrogens is 267 g/mol. The van der Waals surface area contributed by atoms with Crippen LogP contribution in [0.2, 0.25) is 0 Å². The van der Waals surface area contributed by atoms with Gasteiger partial charge in [0.05, 0.1) is 18.2 Å². The molecule has 0 aliphatic rings. The molecule has 4 heteroatoms. The van der Waals surface area contributed by atoms with E-state index in [1.165, 1.54) is 6.07 Å². The lowest BCUT2D eigenvalue weighted by Crippen LogP contribution is -2.03. The molecule has 0 aromatic heterocycles.